The predicted molar refractivity (Wildman–Crippen MR) is 61.5 cm³/mol. The van der Waals surface area contributed by atoms with Gasteiger partial charge in [0.2, 0.25) is 0 Å². The lowest BCUT2D eigenvalue weighted by molar-refractivity contribution is 0.139. The predicted octanol–water partition coefficient (Wildman–Crippen LogP) is 2.88. The van der Waals surface area contributed by atoms with Crippen molar-refractivity contribution in [1.82, 2.24) is 5.09 Å². The summed E-state index contributed by atoms with van der Waals surface area (Å²) in [6, 6.07) is 0. The molecular formula is C8H18NO3PS. The average Bonchev–Trinajstić information content (AvgIpc) is 1.76. The van der Waals surface area contributed by atoms with Crippen LogP contribution in [0.3, 0.4) is 0 Å². The molecule has 0 bridgehead atoms. The van der Waals surface area contributed by atoms with Crippen LogP contribution < -0.4 is 5.09 Å². The second-order valence-corrected chi connectivity index (χ2v) is 5.73. The van der Waals surface area contributed by atoms with E-state index in [-0.39, 0.29) is 12.2 Å². The summed E-state index contributed by atoms with van der Waals surface area (Å²) in [5, 5.41) is 2.56. The molecule has 0 aromatic rings. The Bertz CT molecular complexity index is 229. The molecule has 14 heavy (non-hydrogen) atoms. The molecule has 0 atom stereocenters. The van der Waals surface area contributed by atoms with Crippen LogP contribution >= 0.6 is 20.0 Å². The fourth-order valence-corrected chi connectivity index (χ4v) is 2.81. The number of nitrogens with one attached hydrogen (secondary N) is 1. The highest BCUT2D eigenvalue weighted by atomic mass is 32.1. The van der Waals surface area contributed by atoms with E-state index in [1.165, 1.54) is 0 Å². The molecule has 0 heterocycles. The summed E-state index contributed by atoms with van der Waals surface area (Å²) in [6.45, 7) is 8.79. The molecule has 0 saturated carbocycles. The number of hydrogen-bond donors (Lipinski definition) is 1. The van der Waals surface area contributed by atoms with Crippen LogP contribution in [0.25, 0.3) is 0 Å². The summed E-state index contributed by atoms with van der Waals surface area (Å²) in [6.07, 6.45) is -0.358. The Morgan fingerprint density at radius 2 is 1.57 bits per heavy atom. The lowest BCUT2D eigenvalue weighted by Crippen LogP contribution is -2.22. The third-order valence-corrected chi connectivity index (χ3v) is 3.25. The summed E-state index contributed by atoms with van der Waals surface area (Å²) in [7, 11) is -3.28. The van der Waals surface area contributed by atoms with E-state index in [1.807, 2.05) is 0 Å². The highest BCUT2D eigenvalue weighted by molar-refractivity contribution is 7.81. The molecule has 0 aromatic heterocycles. The topological polar surface area (TPSA) is 47.6 Å². The monoisotopic (exact) mass is 239 g/mol. The van der Waals surface area contributed by atoms with E-state index in [4.69, 9.17) is 21.3 Å². The van der Waals surface area contributed by atoms with Gasteiger partial charge in [-0.1, -0.05) is 12.2 Å². The second kappa shape index (κ2) is 5.81. The van der Waals surface area contributed by atoms with Gasteiger partial charge in [-0.3, -0.25) is 14.1 Å². The van der Waals surface area contributed by atoms with Gasteiger partial charge in [-0.15, -0.1) is 0 Å². The highest BCUT2D eigenvalue weighted by Gasteiger charge is 2.27. The Morgan fingerprint density at radius 1 is 1.21 bits per heavy atom. The average molecular weight is 239 g/mol. The minimum absolute atomic E-state index is 0.179. The van der Waals surface area contributed by atoms with Crippen molar-refractivity contribution in [3.05, 3.63) is 0 Å². The zero-order chi connectivity index (χ0) is 11.4. The molecule has 0 aromatic carbocycles. The molecule has 6 heteroatoms. The summed E-state index contributed by atoms with van der Waals surface area (Å²) in [5.74, 6) is 0. The molecule has 0 rings (SSSR count). The van der Waals surface area contributed by atoms with Crippen molar-refractivity contribution in [2.24, 2.45) is 0 Å². The van der Waals surface area contributed by atoms with Crippen LogP contribution in [-0.2, 0) is 13.6 Å². The van der Waals surface area contributed by atoms with Crippen molar-refractivity contribution < 1.29 is 13.6 Å². The fourth-order valence-electron chi connectivity index (χ4n) is 0.825. The summed E-state index contributed by atoms with van der Waals surface area (Å²) in [5.41, 5.74) is 0. The van der Waals surface area contributed by atoms with Crippen molar-refractivity contribution >= 4 is 25.0 Å². The molecular weight excluding hydrogens is 221 g/mol. The van der Waals surface area contributed by atoms with Crippen molar-refractivity contribution in [3.8, 4) is 0 Å². The number of rotatable bonds is 5. The lowest BCUT2D eigenvalue weighted by atomic mass is 10.5. The Labute approximate surface area is 90.9 Å². The molecule has 84 valence electrons. The molecule has 0 radical (unpaired) electrons. The molecule has 4 nitrogen and oxygen atoms in total. The maximum absolute atomic E-state index is 12.0. The van der Waals surface area contributed by atoms with Gasteiger partial charge in [0.25, 0.3) is 0 Å². The SMILES string of the molecule is CC(=S)NP(=O)(OC(C)C)OC(C)C. The maximum Gasteiger partial charge on any atom is 0.433 e. The number of thiocarbonyl (C=S) groups is 1. The maximum atomic E-state index is 12.0. The number of hydrogen-bond acceptors (Lipinski definition) is 4. The van der Waals surface area contributed by atoms with Gasteiger partial charge >= 0.3 is 7.75 Å². The largest absolute Gasteiger partial charge is 0.433 e. The Balaban J connectivity index is 4.49. The molecule has 0 aliphatic carbocycles. The van der Waals surface area contributed by atoms with Crippen molar-refractivity contribution in [3.63, 3.8) is 0 Å². The fraction of sp³-hybridized carbons (Fsp3) is 0.875. The van der Waals surface area contributed by atoms with Gasteiger partial charge in [0.1, 0.15) is 0 Å². The zero-order valence-electron chi connectivity index (χ0n) is 9.23. The van der Waals surface area contributed by atoms with Crippen LogP contribution in [0.15, 0.2) is 0 Å². The molecule has 0 amide bonds. The molecule has 0 aliphatic heterocycles. The van der Waals surface area contributed by atoms with Crippen LogP contribution in [0.1, 0.15) is 34.6 Å². The third kappa shape index (κ3) is 6.49. The molecule has 0 fully saturated rings. The molecule has 0 saturated heterocycles. The summed E-state index contributed by atoms with van der Waals surface area (Å²) >= 11 is 4.81. The Kier molecular flexibility index (Phi) is 5.83. The lowest BCUT2D eigenvalue weighted by Gasteiger charge is -2.22. The van der Waals surface area contributed by atoms with E-state index >= 15 is 0 Å². The van der Waals surface area contributed by atoms with Crippen LogP contribution in [0.4, 0.5) is 0 Å². The van der Waals surface area contributed by atoms with Gasteiger partial charge < -0.3 is 0 Å². The molecule has 1 N–H and O–H groups in total. The van der Waals surface area contributed by atoms with E-state index in [9.17, 15) is 4.57 Å². The second-order valence-electron chi connectivity index (χ2n) is 3.47. The first kappa shape index (κ1) is 14.0. The van der Waals surface area contributed by atoms with E-state index in [1.54, 1.807) is 34.6 Å². The van der Waals surface area contributed by atoms with Crippen molar-refractivity contribution in [2.75, 3.05) is 0 Å². The van der Waals surface area contributed by atoms with Gasteiger partial charge in [-0.25, -0.2) is 4.57 Å². The van der Waals surface area contributed by atoms with Crippen molar-refractivity contribution in [2.45, 2.75) is 46.8 Å². The molecule has 0 aliphatic rings. The standard InChI is InChI=1S/C8H18NO3PS/c1-6(2)11-13(10,9-8(5)14)12-7(3)4/h6-7H,1-5H3,(H,9,10,14). The normalized spacial score (nSPS) is 12.2. The van der Waals surface area contributed by atoms with Gasteiger partial charge in [-0.05, 0) is 34.6 Å². The minimum atomic E-state index is -3.28. The van der Waals surface area contributed by atoms with Gasteiger partial charge in [-0.2, -0.15) is 0 Å². The Hall–Kier alpha value is 0.0400. The van der Waals surface area contributed by atoms with Crippen molar-refractivity contribution in [1.29, 1.82) is 0 Å². The van der Waals surface area contributed by atoms with Crippen LogP contribution in [-0.4, -0.2) is 17.2 Å². The summed E-state index contributed by atoms with van der Waals surface area (Å²) in [4.78, 5) is 0.398. The first-order chi connectivity index (χ1) is 6.25. The zero-order valence-corrected chi connectivity index (χ0v) is 10.9. The quantitative estimate of drug-likeness (QED) is 0.590. The van der Waals surface area contributed by atoms with E-state index in [2.05, 4.69) is 5.09 Å². The van der Waals surface area contributed by atoms with Crippen LogP contribution in [0.5, 0.6) is 0 Å². The van der Waals surface area contributed by atoms with Crippen LogP contribution in [0, 0.1) is 0 Å². The minimum Gasteiger partial charge on any atom is -0.290 e. The first-order valence-corrected chi connectivity index (χ1v) is 6.46. The smallest absolute Gasteiger partial charge is 0.290 e. The molecule has 0 spiro atoms. The van der Waals surface area contributed by atoms with E-state index < -0.39 is 7.75 Å². The van der Waals surface area contributed by atoms with Gasteiger partial charge in [0.05, 0.1) is 17.2 Å². The molecule has 0 unspecified atom stereocenters. The van der Waals surface area contributed by atoms with Gasteiger partial charge in [0.15, 0.2) is 0 Å². The Morgan fingerprint density at radius 3 is 1.79 bits per heavy atom. The van der Waals surface area contributed by atoms with Crippen LogP contribution in [0.2, 0.25) is 0 Å². The first-order valence-electron chi connectivity index (χ1n) is 4.51. The third-order valence-electron chi connectivity index (χ3n) is 0.994. The highest BCUT2D eigenvalue weighted by Crippen LogP contribution is 2.46. The summed E-state index contributed by atoms with van der Waals surface area (Å²) < 4.78 is 22.4. The van der Waals surface area contributed by atoms with E-state index in [0.717, 1.165) is 0 Å². The van der Waals surface area contributed by atoms with Gasteiger partial charge in [0, 0.05) is 0 Å². The van der Waals surface area contributed by atoms with E-state index in [0.29, 0.717) is 4.99 Å².